The van der Waals surface area contributed by atoms with Crippen molar-refractivity contribution in [3.8, 4) is 5.75 Å². The zero-order valence-corrected chi connectivity index (χ0v) is 11.3. The van der Waals surface area contributed by atoms with Crippen LogP contribution in [-0.2, 0) is 6.42 Å². The molecule has 0 saturated carbocycles. The summed E-state index contributed by atoms with van der Waals surface area (Å²) in [5.74, 6) is 0.806. The monoisotopic (exact) mass is 256 g/mol. The highest BCUT2D eigenvalue weighted by Crippen LogP contribution is 2.22. The smallest absolute Gasteiger partial charge is 0.120 e. The minimum Gasteiger partial charge on any atom is -0.497 e. The molecule has 4 heteroatoms. The van der Waals surface area contributed by atoms with Crippen LogP contribution < -0.4 is 15.4 Å². The van der Waals surface area contributed by atoms with Crippen LogP contribution in [0.4, 0.5) is 0 Å². The van der Waals surface area contributed by atoms with Crippen LogP contribution in [0.5, 0.6) is 5.75 Å². The molecule has 0 fully saturated rings. The molecule has 1 aromatic carbocycles. The lowest BCUT2D eigenvalue weighted by Gasteiger charge is -2.08. The van der Waals surface area contributed by atoms with Gasteiger partial charge in [0.15, 0.2) is 0 Å². The van der Waals surface area contributed by atoms with E-state index in [1.807, 2.05) is 25.2 Å². The van der Waals surface area contributed by atoms with Crippen molar-refractivity contribution in [1.29, 1.82) is 0 Å². The van der Waals surface area contributed by atoms with Gasteiger partial charge in [0, 0.05) is 5.02 Å². The van der Waals surface area contributed by atoms with Crippen molar-refractivity contribution in [2.24, 2.45) is 0 Å². The summed E-state index contributed by atoms with van der Waals surface area (Å²) in [4.78, 5) is 0. The molecule has 0 heterocycles. The molecule has 0 saturated heterocycles. The second-order valence-corrected chi connectivity index (χ2v) is 4.32. The first-order valence-electron chi connectivity index (χ1n) is 5.95. The van der Waals surface area contributed by atoms with Crippen LogP contribution in [-0.4, -0.2) is 33.8 Å². The van der Waals surface area contributed by atoms with E-state index in [0.29, 0.717) is 0 Å². The van der Waals surface area contributed by atoms with Gasteiger partial charge in [-0.1, -0.05) is 17.7 Å². The van der Waals surface area contributed by atoms with Crippen LogP contribution in [0, 0.1) is 0 Å². The van der Waals surface area contributed by atoms with Crippen LogP contribution >= 0.6 is 11.6 Å². The summed E-state index contributed by atoms with van der Waals surface area (Å²) in [5.41, 5.74) is 1.16. The summed E-state index contributed by atoms with van der Waals surface area (Å²) in [7, 11) is 3.62. The zero-order chi connectivity index (χ0) is 12.5. The molecule has 0 spiro atoms. The Kier molecular flexibility index (Phi) is 7.01. The topological polar surface area (TPSA) is 33.3 Å². The number of hydrogen-bond donors (Lipinski definition) is 2. The van der Waals surface area contributed by atoms with Crippen molar-refractivity contribution in [3.05, 3.63) is 28.8 Å². The predicted molar refractivity (Wildman–Crippen MR) is 73.1 cm³/mol. The van der Waals surface area contributed by atoms with Gasteiger partial charge in [0.05, 0.1) is 7.11 Å². The predicted octanol–water partition coefficient (Wildman–Crippen LogP) is 2.09. The van der Waals surface area contributed by atoms with Gasteiger partial charge < -0.3 is 15.4 Å². The third-order valence-corrected chi connectivity index (χ3v) is 2.96. The molecule has 0 amide bonds. The molecule has 2 N–H and O–H groups in total. The van der Waals surface area contributed by atoms with Gasteiger partial charge in [-0.05, 0) is 57.2 Å². The van der Waals surface area contributed by atoms with E-state index < -0.39 is 0 Å². The third-order valence-electron chi connectivity index (χ3n) is 2.61. The van der Waals surface area contributed by atoms with E-state index in [9.17, 15) is 0 Å². The SMILES string of the molecule is CNCCCNCCc1ccc(OC)cc1Cl. The molecular formula is C13H21ClN2O. The summed E-state index contributed by atoms with van der Waals surface area (Å²) < 4.78 is 5.11. The third kappa shape index (κ3) is 5.39. The maximum Gasteiger partial charge on any atom is 0.120 e. The molecule has 0 radical (unpaired) electrons. The summed E-state index contributed by atoms with van der Waals surface area (Å²) in [6.07, 6.45) is 2.09. The van der Waals surface area contributed by atoms with E-state index in [1.165, 1.54) is 0 Å². The first-order valence-corrected chi connectivity index (χ1v) is 6.33. The molecule has 0 atom stereocenters. The Morgan fingerprint density at radius 3 is 2.71 bits per heavy atom. The Labute approximate surface area is 109 Å². The van der Waals surface area contributed by atoms with Gasteiger partial charge in [-0.3, -0.25) is 0 Å². The van der Waals surface area contributed by atoms with E-state index >= 15 is 0 Å². The summed E-state index contributed by atoms with van der Waals surface area (Å²) in [6.45, 7) is 3.04. The second kappa shape index (κ2) is 8.34. The fourth-order valence-corrected chi connectivity index (χ4v) is 1.86. The van der Waals surface area contributed by atoms with Crippen LogP contribution in [0.1, 0.15) is 12.0 Å². The normalized spacial score (nSPS) is 10.5. The minimum absolute atomic E-state index is 0.779. The van der Waals surface area contributed by atoms with E-state index in [1.54, 1.807) is 7.11 Å². The molecule has 0 aliphatic heterocycles. The van der Waals surface area contributed by atoms with Gasteiger partial charge in [-0.15, -0.1) is 0 Å². The van der Waals surface area contributed by atoms with E-state index in [-0.39, 0.29) is 0 Å². The van der Waals surface area contributed by atoms with Crippen molar-refractivity contribution < 1.29 is 4.74 Å². The van der Waals surface area contributed by atoms with Gasteiger partial charge in [-0.25, -0.2) is 0 Å². The van der Waals surface area contributed by atoms with E-state index in [4.69, 9.17) is 16.3 Å². The fraction of sp³-hybridized carbons (Fsp3) is 0.538. The van der Waals surface area contributed by atoms with Gasteiger partial charge in [0.2, 0.25) is 0 Å². The Bertz CT molecular complexity index is 331. The lowest BCUT2D eigenvalue weighted by atomic mass is 10.1. The molecule has 96 valence electrons. The molecule has 0 bridgehead atoms. The van der Waals surface area contributed by atoms with Gasteiger partial charge in [0.25, 0.3) is 0 Å². The van der Waals surface area contributed by atoms with Crippen molar-refractivity contribution in [2.75, 3.05) is 33.8 Å². The molecule has 3 nitrogen and oxygen atoms in total. The van der Waals surface area contributed by atoms with Crippen LogP contribution in [0.15, 0.2) is 18.2 Å². The number of benzene rings is 1. The van der Waals surface area contributed by atoms with Crippen molar-refractivity contribution >= 4 is 11.6 Å². The lowest BCUT2D eigenvalue weighted by Crippen LogP contribution is -2.22. The molecule has 17 heavy (non-hydrogen) atoms. The highest BCUT2D eigenvalue weighted by Gasteiger charge is 2.01. The highest BCUT2D eigenvalue weighted by atomic mass is 35.5. The fourth-order valence-electron chi connectivity index (χ4n) is 1.60. The molecule has 0 aliphatic rings. The summed E-state index contributed by atoms with van der Waals surface area (Å²) in [5, 5.41) is 7.30. The van der Waals surface area contributed by atoms with Crippen LogP contribution in [0.3, 0.4) is 0 Å². The quantitative estimate of drug-likeness (QED) is 0.699. The minimum atomic E-state index is 0.779. The summed E-state index contributed by atoms with van der Waals surface area (Å²) >= 11 is 6.15. The Morgan fingerprint density at radius 1 is 1.24 bits per heavy atom. The molecule has 1 rings (SSSR count). The Balaban J connectivity index is 2.27. The molecule has 1 aromatic rings. The first-order chi connectivity index (χ1) is 8.27. The van der Waals surface area contributed by atoms with E-state index in [0.717, 1.165) is 48.8 Å². The number of hydrogen-bond acceptors (Lipinski definition) is 3. The average Bonchev–Trinajstić information content (AvgIpc) is 2.35. The van der Waals surface area contributed by atoms with E-state index in [2.05, 4.69) is 10.6 Å². The standard InChI is InChI=1S/C13H21ClN2O/c1-15-7-3-8-16-9-6-11-4-5-12(17-2)10-13(11)14/h4-5,10,15-16H,3,6-9H2,1-2H3. The molecule has 0 aromatic heterocycles. The maximum absolute atomic E-state index is 6.15. The highest BCUT2D eigenvalue weighted by molar-refractivity contribution is 6.31. The average molecular weight is 257 g/mol. The number of ether oxygens (including phenoxy) is 1. The van der Waals surface area contributed by atoms with Gasteiger partial charge >= 0.3 is 0 Å². The van der Waals surface area contributed by atoms with Crippen molar-refractivity contribution in [1.82, 2.24) is 10.6 Å². The number of rotatable bonds is 8. The Morgan fingerprint density at radius 2 is 2.06 bits per heavy atom. The van der Waals surface area contributed by atoms with Crippen molar-refractivity contribution in [3.63, 3.8) is 0 Å². The largest absolute Gasteiger partial charge is 0.497 e. The molecule has 0 unspecified atom stereocenters. The maximum atomic E-state index is 6.15. The number of nitrogens with one attached hydrogen (secondary N) is 2. The zero-order valence-electron chi connectivity index (χ0n) is 10.6. The van der Waals surface area contributed by atoms with Crippen LogP contribution in [0.2, 0.25) is 5.02 Å². The van der Waals surface area contributed by atoms with Crippen LogP contribution in [0.25, 0.3) is 0 Å². The Hall–Kier alpha value is -0.770. The van der Waals surface area contributed by atoms with Gasteiger partial charge in [0.1, 0.15) is 5.75 Å². The van der Waals surface area contributed by atoms with Crippen molar-refractivity contribution in [2.45, 2.75) is 12.8 Å². The summed E-state index contributed by atoms with van der Waals surface area (Å²) in [6, 6.07) is 5.83. The molecular weight excluding hydrogens is 236 g/mol. The number of halogens is 1. The first kappa shape index (κ1) is 14.3. The second-order valence-electron chi connectivity index (χ2n) is 3.91. The lowest BCUT2D eigenvalue weighted by molar-refractivity contribution is 0.414. The number of methoxy groups -OCH3 is 1. The molecule has 0 aliphatic carbocycles. The van der Waals surface area contributed by atoms with Gasteiger partial charge in [-0.2, -0.15) is 0 Å².